The van der Waals surface area contributed by atoms with E-state index >= 15 is 0 Å². The highest BCUT2D eigenvalue weighted by molar-refractivity contribution is 9.09. The first kappa shape index (κ1) is 10.8. The topological polar surface area (TPSA) is 29.5 Å². The molecule has 0 fully saturated rings. The monoisotopic (exact) mass is 264 g/mol. The van der Waals surface area contributed by atoms with Crippen molar-refractivity contribution in [2.45, 2.75) is 6.10 Å². The lowest BCUT2D eigenvalue weighted by Gasteiger charge is -2.12. The molecule has 0 amide bonds. The summed E-state index contributed by atoms with van der Waals surface area (Å²) >= 11 is 8.98. The zero-order chi connectivity index (χ0) is 9.84. The number of halogens is 2. The molecule has 0 spiro atoms. The molecule has 0 aromatic heterocycles. The summed E-state index contributed by atoms with van der Waals surface area (Å²) in [5.74, 6) is 0.649. The minimum absolute atomic E-state index is 0.462. The molecule has 0 heterocycles. The summed E-state index contributed by atoms with van der Waals surface area (Å²) in [6.07, 6.45) is -0.589. The Morgan fingerprint density at radius 3 is 2.85 bits per heavy atom. The highest BCUT2D eigenvalue weighted by atomic mass is 79.9. The molecule has 0 radical (unpaired) electrons. The van der Waals surface area contributed by atoms with Gasteiger partial charge in [0.1, 0.15) is 5.75 Å². The SMILES string of the molecule is COc1ccc(Cl)cc1[C@@H](O)CBr. The predicted molar refractivity (Wildman–Crippen MR) is 56.8 cm³/mol. The molecule has 0 bridgehead atoms. The van der Waals surface area contributed by atoms with E-state index in [2.05, 4.69) is 15.9 Å². The number of ether oxygens (including phenoxy) is 1. The van der Waals surface area contributed by atoms with Crippen LogP contribution in [0.5, 0.6) is 5.75 Å². The Balaban J connectivity index is 3.07. The maximum Gasteiger partial charge on any atom is 0.124 e. The van der Waals surface area contributed by atoms with E-state index in [1.165, 1.54) is 0 Å². The summed E-state index contributed by atoms with van der Waals surface area (Å²) in [5.41, 5.74) is 0.701. The zero-order valence-electron chi connectivity index (χ0n) is 7.13. The van der Waals surface area contributed by atoms with E-state index in [1.54, 1.807) is 25.3 Å². The Morgan fingerprint density at radius 1 is 1.62 bits per heavy atom. The number of methoxy groups -OCH3 is 1. The van der Waals surface area contributed by atoms with Crippen molar-refractivity contribution in [1.82, 2.24) is 0 Å². The molecule has 1 rings (SSSR count). The molecule has 1 atom stereocenters. The van der Waals surface area contributed by atoms with Crippen LogP contribution < -0.4 is 4.74 Å². The lowest BCUT2D eigenvalue weighted by molar-refractivity contribution is 0.200. The average molecular weight is 266 g/mol. The summed E-state index contributed by atoms with van der Waals surface area (Å²) in [7, 11) is 1.56. The first-order valence-corrected chi connectivity index (χ1v) is 5.26. The second-order valence-corrected chi connectivity index (χ2v) is 3.64. The number of hydrogen-bond donors (Lipinski definition) is 1. The van der Waals surface area contributed by atoms with E-state index in [0.29, 0.717) is 21.7 Å². The molecule has 2 nitrogen and oxygen atoms in total. The number of rotatable bonds is 3. The third-order valence-corrected chi connectivity index (χ3v) is 2.55. The van der Waals surface area contributed by atoms with Crippen LogP contribution in [0.4, 0.5) is 0 Å². The van der Waals surface area contributed by atoms with Crippen molar-refractivity contribution in [2.24, 2.45) is 0 Å². The van der Waals surface area contributed by atoms with Gasteiger partial charge >= 0.3 is 0 Å². The largest absolute Gasteiger partial charge is 0.496 e. The molecule has 0 saturated heterocycles. The van der Waals surface area contributed by atoms with Gasteiger partial charge in [-0.3, -0.25) is 0 Å². The van der Waals surface area contributed by atoms with Crippen molar-refractivity contribution in [3.63, 3.8) is 0 Å². The third-order valence-electron chi connectivity index (χ3n) is 1.70. The van der Waals surface area contributed by atoms with Gasteiger partial charge in [0.05, 0.1) is 13.2 Å². The predicted octanol–water partition coefficient (Wildman–Crippen LogP) is 2.78. The highest BCUT2D eigenvalue weighted by Gasteiger charge is 2.11. The molecule has 72 valence electrons. The van der Waals surface area contributed by atoms with Crippen LogP contribution in [0, 0.1) is 0 Å². The van der Waals surface area contributed by atoms with Gasteiger partial charge in [0.2, 0.25) is 0 Å². The molecule has 0 aliphatic carbocycles. The Morgan fingerprint density at radius 2 is 2.31 bits per heavy atom. The van der Waals surface area contributed by atoms with E-state index in [9.17, 15) is 5.11 Å². The van der Waals surface area contributed by atoms with E-state index < -0.39 is 6.10 Å². The molecule has 4 heteroatoms. The van der Waals surface area contributed by atoms with Crippen LogP contribution in [-0.4, -0.2) is 17.5 Å². The van der Waals surface area contributed by atoms with Crippen molar-refractivity contribution in [3.8, 4) is 5.75 Å². The second kappa shape index (κ2) is 4.84. The molecule has 0 saturated carbocycles. The molecule has 0 unspecified atom stereocenters. The summed E-state index contributed by atoms with van der Waals surface area (Å²) in [4.78, 5) is 0. The van der Waals surface area contributed by atoms with Crippen molar-refractivity contribution in [2.75, 3.05) is 12.4 Å². The number of alkyl halides is 1. The van der Waals surface area contributed by atoms with Crippen LogP contribution in [0.1, 0.15) is 11.7 Å². The Labute approximate surface area is 90.6 Å². The van der Waals surface area contributed by atoms with Crippen molar-refractivity contribution < 1.29 is 9.84 Å². The van der Waals surface area contributed by atoms with Gasteiger partial charge in [0, 0.05) is 15.9 Å². The van der Waals surface area contributed by atoms with Gasteiger partial charge in [-0.05, 0) is 18.2 Å². The normalized spacial score (nSPS) is 12.6. The van der Waals surface area contributed by atoms with Crippen LogP contribution in [0.3, 0.4) is 0 Å². The molecule has 0 aliphatic rings. The fourth-order valence-corrected chi connectivity index (χ4v) is 1.58. The Bertz CT molecular complexity index is 291. The number of benzene rings is 1. The standard InChI is InChI=1S/C9H10BrClO2/c1-13-9-3-2-6(11)4-7(9)8(12)5-10/h2-4,8,12H,5H2,1H3/t8-/m0/s1. The van der Waals surface area contributed by atoms with Crippen LogP contribution in [0.25, 0.3) is 0 Å². The minimum atomic E-state index is -0.589. The van der Waals surface area contributed by atoms with Crippen LogP contribution in [0.15, 0.2) is 18.2 Å². The molecule has 13 heavy (non-hydrogen) atoms. The van der Waals surface area contributed by atoms with Gasteiger partial charge in [-0.15, -0.1) is 0 Å². The van der Waals surface area contributed by atoms with E-state index in [0.717, 1.165) is 0 Å². The van der Waals surface area contributed by atoms with E-state index in [-0.39, 0.29) is 0 Å². The summed E-state index contributed by atoms with van der Waals surface area (Å²) in [5, 5.41) is 10.6. The van der Waals surface area contributed by atoms with Crippen molar-refractivity contribution >= 4 is 27.5 Å². The fourth-order valence-electron chi connectivity index (χ4n) is 1.05. The average Bonchev–Trinajstić information content (AvgIpc) is 2.16. The van der Waals surface area contributed by atoms with E-state index in [1.807, 2.05) is 0 Å². The van der Waals surface area contributed by atoms with Gasteiger partial charge in [0.25, 0.3) is 0 Å². The lowest BCUT2D eigenvalue weighted by Crippen LogP contribution is -2.01. The maximum absolute atomic E-state index is 9.58. The van der Waals surface area contributed by atoms with Crippen molar-refractivity contribution in [3.05, 3.63) is 28.8 Å². The zero-order valence-corrected chi connectivity index (χ0v) is 9.47. The molecule has 1 aromatic rings. The van der Waals surface area contributed by atoms with Crippen LogP contribution in [0.2, 0.25) is 5.02 Å². The Hall–Kier alpha value is -0.250. The van der Waals surface area contributed by atoms with Crippen LogP contribution in [-0.2, 0) is 0 Å². The van der Waals surface area contributed by atoms with Crippen LogP contribution >= 0.6 is 27.5 Å². The number of hydrogen-bond acceptors (Lipinski definition) is 2. The first-order chi connectivity index (χ1) is 6.19. The number of aliphatic hydroxyl groups excluding tert-OH is 1. The molecule has 1 aromatic carbocycles. The number of aliphatic hydroxyl groups is 1. The van der Waals surface area contributed by atoms with Gasteiger partial charge in [-0.1, -0.05) is 27.5 Å². The Kier molecular flexibility index (Phi) is 4.03. The molecular formula is C9H10BrClO2. The fraction of sp³-hybridized carbons (Fsp3) is 0.333. The van der Waals surface area contributed by atoms with E-state index in [4.69, 9.17) is 16.3 Å². The maximum atomic E-state index is 9.58. The van der Waals surface area contributed by atoms with Gasteiger partial charge in [0.15, 0.2) is 0 Å². The van der Waals surface area contributed by atoms with Gasteiger partial charge in [-0.25, -0.2) is 0 Å². The third kappa shape index (κ3) is 2.59. The second-order valence-electron chi connectivity index (χ2n) is 2.56. The summed E-state index contributed by atoms with van der Waals surface area (Å²) in [6.45, 7) is 0. The minimum Gasteiger partial charge on any atom is -0.496 e. The highest BCUT2D eigenvalue weighted by Crippen LogP contribution is 2.28. The molecule has 0 aliphatic heterocycles. The molecular weight excluding hydrogens is 255 g/mol. The lowest BCUT2D eigenvalue weighted by atomic mass is 10.1. The van der Waals surface area contributed by atoms with Gasteiger partial charge in [-0.2, -0.15) is 0 Å². The quantitative estimate of drug-likeness (QED) is 0.852. The first-order valence-electron chi connectivity index (χ1n) is 3.76. The summed E-state index contributed by atoms with van der Waals surface area (Å²) < 4.78 is 5.08. The molecule has 1 N–H and O–H groups in total. The van der Waals surface area contributed by atoms with Crippen molar-refractivity contribution in [1.29, 1.82) is 0 Å². The smallest absolute Gasteiger partial charge is 0.124 e. The summed E-state index contributed by atoms with van der Waals surface area (Å²) in [6, 6.07) is 5.17. The van der Waals surface area contributed by atoms with Gasteiger partial charge < -0.3 is 9.84 Å².